The molecule has 0 heterocycles. The van der Waals surface area contributed by atoms with Gasteiger partial charge in [-0.3, -0.25) is 0 Å². The van der Waals surface area contributed by atoms with Gasteiger partial charge in [0.15, 0.2) is 0 Å². The Kier molecular flexibility index (Phi) is 4.84. The fraction of sp³-hybridized carbons (Fsp3) is 0.417. The van der Waals surface area contributed by atoms with Crippen molar-refractivity contribution in [3.05, 3.63) is 35.4 Å². The van der Waals surface area contributed by atoms with Gasteiger partial charge in [0, 0.05) is 6.61 Å². The highest BCUT2D eigenvalue weighted by molar-refractivity contribution is 5.67. The highest BCUT2D eigenvalue weighted by Gasteiger charge is 1.96. The van der Waals surface area contributed by atoms with Crippen molar-refractivity contribution in [1.82, 2.24) is 0 Å². The van der Waals surface area contributed by atoms with E-state index in [2.05, 4.69) is 31.2 Å². The van der Waals surface area contributed by atoms with Crippen molar-refractivity contribution in [1.29, 1.82) is 0 Å². The molecule has 0 aliphatic carbocycles. The Morgan fingerprint density at radius 1 is 1.33 bits per heavy atom. The molecule has 1 rings (SSSR count). The first kappa shape index (κ1) is 11.7. The van der Waals surface area contributed by atoms with Crippen molar-refractivity contribution in [3.63, 3.8) is 0 Å². The van der Waals surface area contributed by atoms with Crippen molar-refractivity contribution in [2.24, 2.45) is 0 Å². The van der Waals surface area contributed by atoms with Gasteiger partial charge < -0.3 is 9.84 Å². The predicted octanol–water partition coefficient (Wildman–Crippen LogP) is 2.03. The largest absolute Gasteiger partial charge is 0.480 e. The lowest BCUT2D eigenvalue weighted by molar-refractivity contribution is -0.142. The van der Waals surface area contributed by atoms with Crippen LogP contribution in [0.5, 0.6) is 0 Å². The second-order valence-electron chi connectivity index (χ2n) is 3.54. The van der Waals surface area contributed by atoms with Crippen LogP contribution in [0.25, 0.3) is 0 Å². The van der Waals surface area contributed by atoms with Gasteiger partial charge in [-0.05, 0) is 25.3 Å². The molecule has 0 saturated heterocycles. The summed E-state index contributed by atoms with van der Waals surface area (Å²) in [5.74, 6) is -0.912. The van der Waals surface area contributed by atoms with Crippen LogP contribution in [0.3, 0.4) is 0 Å². The van der Waals surface area contributed by atoms with Crippen LogP contribution in [-0.4, -0.2) is 24.3 Å². The molecule has 0 aliphatic heterocycles. The van der Waals surface area contributed by atoms with Crippen LogP contribution in [0.2, 0.25) is 0 Å². The van der Waals surface area contributed by atoms with E-state index < -0.39 is 5.97 Å². The number of hydrogen-bond acceptors (Lipinski definition) is 2. The molecule has 0 aliphatic rings. The van der Waals surface area contributed by atoms with Crippen molar-refractivity contribution in [2.45, 2.75) is 19.8 Å². The van der Waals surface area contributed by atoms with Crippen molar-refractivity contribution in [2.75, 3.05) is 13.2 Å². The van der Waals surface area contributed by atoms with Gasteiger partial charge in [-0.2, -0.15) is 0 Å². The highest BCUT2D eigenvalue weighted by atomic mass is 16.5. The van der Waals surface area contributed by atoms with E-state index in [0.717, 1.165) is 12.8 Å². The number of carboxylic acid groups (broad SMARTS) is 1. The second-order valence-corrected chi connectivity index (χ2v) is 3.54. The maximum atomic E-state index is 10.1. The summed E-state index contributed by atoms with van der Waals surface area (Å²) in [5.41, 5.74) is 2.51. The van der Waals surface area contributed by atoms with Crippen LogP contribution >= 0.6 is 0 Å². The molecule has 0 unspecified atom stereocenters. The molecular formula is C12H16O3. The summed E-state index contributed by atoms with van der Waals surface area (Å²) in [4.78, 5) is 10.1. The first-order valence-electron chi connectivity index (χ1n) is 5.03. The number of benzene rings is 1. The third-order valence-corrected chi connectivity index (χ3v) is 2.10. The number of carboxylic acids is 1. The Bertz CT molecular complexity index is 303. The van der Waals surface area contributed by atoms with Gasteiger partial charge in [0.2, 0.25) is 0 Å². The van der Waals surface area contributed by atoms with Crippen LogP contribution in [0, 0.1) is 6.92 Å². The zero-order valence-electron chi connectivity index (χ0n) is 8.90. The average Bonchev–Trinajstić information content (AvgIpc) is 2.20. The van der Waals surface area contributed by atoms with Gasteiger partial charge in [-0.25, -0.2) is 4.79 Å². The fourth-order valence-corrected chi connectivity index (χ4v) is 1.29. The van der Waals surface area contributed by atoms with E-state index in [0.29, 0.717) is 6.61 Å². The van der Waals surface area contributed by atoms with Crippen molar-refractivity contribution < 1.29 is 14.6 Å². The Labute approximate surface area is 89.7 Å². The summed E-state index contributed by atoms with van der Waals surface area (Å²) in [6.07, 6.45) is 1.79. The van der Waals surface area contributed by atoms with Gasteiger partial charge in [-0.1, -0.05) is 29.8 Å². The van der Waals surface area contributed by atoms with E-state index in [1.54, 1.807) is 0 Å². The summed E-state index contributed by atoms with van der Waals surface area (Å²) in [6.45, 7) is 2.35. The zero-order valence-corrected chi connectivity index (χ0v) is 8.90. The summed E-state index contributed by atoms with van der Waals surface area (Å²) in [6, 6.07) is 8.33. The normalized spacial score (nSPS) is 10.2. The second kappa shape index (κ2) is 6.19. The Morgan fingerprint density at radius 2 is 2.00 bits per heavy atom. The van der Waals surface area contributed by atoms with Gasteiger partial charge in [0.1, 0.15) is 6.61 Å². The first-order valence-corrected chi connectivity index (χ1v) is 5.03. The molecule has 0 saturated carbocycles. The minimum Gasteiger partial charge on any atom is -0.480 e. The molecule has 0 bridgehead atoms. The molecule has 0 amide bonds. The monoisotopic (exact) mass is 208 g/mol. The minimum atomic E-state index is -0.912. The summed E-state index contributed by atoms with van der Waals surface area (Å²) >= 11 is 0. The van der Waals surface area contributed by atoms with Crippen LogP contribution in [0.4, 0.5) is 0 Å². The number of hydrogen-bond donors (Lipinski definition) is 1. The van der Waals surface area contributed by atoms with E-state index in [9.17, 15) is 4.79 Å². The first-order chi connectivity index (χ1) is 7.18. The minimum absolute atomic E-state index is 0.200. The molecule has 0 aromatic heterocycles. The molecule has 0 fully saturated rings. The van der Waals surface area contributed by atoms with Gasteiger partial charge in [0.05, 0.1) is 0 Å². The van der Waals surface area contributed by atoms with E-state index in [1.165, 1.54) is 11.1 Å². The molecule has 1 aromatic rings. The molecule has 15 heavy (non-hydrogen) atoms. The van der Waals surface area contributed by atoms with Crippen LogP contribution in [0.1, 0.15) is 17.5 Å². The fourth-order valence-electron chi connectivity index (χ4n) is 1.29. The van der Waals surface area contributed by atoms with Crippen LogP contribution < -0.4 is 0 Å². The van der Waals surface area contributed by atoms with E-state index in [1.807, 2.05) is 0 Å². The quantitative estimate of drug-likeness (QED) is 0.727. The molecule has 0 atom stereocenters. The Hall–Kier alpha value is -1.35. The number of ether oxygens (including phenoxy) is 1. The predicted molar refractivity (Wildman–Crippen MR) is 58.0 cm³/mol. The summed E-state index contributed by atoms with van der Waals surface area (Å²) < 4.78 is 4.94. The maximum Gasteiger partial charge on any atom is 0.329 e. The van der Waals surface area contributed by atoms with E-state index in [4.69, 9.17) is 9.84 Å². The number of carbonyl (C=O) groups is 1. The van der Waals surface area contributed by atoms with Crippen molar-refractivity contribution in [3.8, 4) is 0 Å². The van der Waals surface area contributed by atoms with Crippen molar-refractivity contribution >= 4 is 5.97 Å². The molecule has 0 spiro atoms. The number of aryl methyl sites for hydroxylation is 2. The lowest BCUT2D eigenvalue weighted by Gasteiger charge is -2.02. The topological polar surface area (TPSA) is 46.5 Å². The average molecular weight is 208 g/mol. The molecule has 1 N–H and O–H groups in total. The Morgan fingerprint density at radius 3 is 2.60 bits per heavy atom. The summed E-state index contributed by atoms with van der Waals surface area (Å²) in [7, 11) is 0. The maximum absolute atomic E-state index is 10.1. The zero-order chi connectivity index (χ0) is 11.1. The number of aliphatic carboxylic acids is 1. The molecule has 1 aromatic carbocycles. The lowest BCUT2D eigenvalue weighted by Crippen LogP contribution is -2.08. The lowest BCUT2D eigenvalue weighted by atomic mass is 10.1. The van der Waals surface area contributed by atoms with Gasteiger partial charge in [0.25, 0.3) is 0 Å². The summed E-state index contributed by atoms with van der Waals surface area (Å²) in [5, 5.41) is 8.34. The molecule has 3 nitrogen and oxygen atoms in total. The standard InChI is InChI=1S/C12H16O3/c1-10-4-6-11(7-5-10)3-2-8-15-9-12(13)14/h4-7H,2-3,8-9H2,1H3,(H,13,14). The van der Waals surface area contributed by atoms with Gasteiger partial charge in [-0.15, -0.1) is 0 Å². The smallest absolute Gasteiger partial charge is 0.329 e. The number of rotatable bonds is 6. The highest BCUT2D eigenvalue weighted by Crippen LogP contribution is 2.05. The third kappa shape index (κ3) is 5.18. The van der Waals surface area contributed by atoms with E-state index in [-0.39, 0.29) is 6.61 Å². The third-order valence-electron chi connectivity index (χ3n) is 2.10. The SMILES string of the molecule is Cc1ccc(CCCOCC(=O)O)cc1. The molecular weight excluding hydrogens is 192 g/mol. The van der Waals surface area contributed by atoms with Crippen LogP contribution in [-0.2, 0) is 16.0 Å². The van der Waals surface area contributed by atoms with Gasteiger partial charge >= 0.3 is 5.97 Å². The molecule has 0 radical (unpaired) electrons. The molecule has 82 valence electrons. The van der Waals surface area contributed by atoms with Crippen LogP contribution in [0.15, 0.2) is 24.3 Å². The van der Waals surface area contributed by atoms with E-state index >= 15 is 0 Å². The Balaban J connectivity index is 2.15. The molecule has 3 heteroatoms.